The van der Waals surface area contributed by atoms with Crippen molar-refractivity contribution in [2.45, 2.75) is 45.1 Å². The predicted molar refractivity (Wildman–Crippen MR) is 85.3 cm³/mol. The number of aliphatic carboxylic acids is 1. The van der Waals surface area contributed by atoms with Gasteiger partial charge in [0, 0.05) is 8.80 Å². The van der Waals surface area contributed by atoms with Gasteiger partial charge in [0.25, 0.3) is 0 Å². The summed E-state index contributed by atoms with van der Waals surface area (Å²) in [6.45, 7) is 6.97. The molecule has 1 aromatic rings. The van der Waals surface area contributed by atoms with Gasteiger partial charge >= 0.3 is 12.1 Å². The van der Waals surface area contributed by atoms with E-state index in [1.54, 1.807) is 7.11 Å². The second kappa shape index (κ2) is 13.2. The van der Waals surface area contributed by atoms with Gasteiger partial charge in [0.15, 0.2) is 0 Å². The average molecular weight is 338 g/mol. The van der Waals surface area contributed by atoms with Crippen molar-refractivity contribution in [3.63, 3.8) is 0 Å². The first-order valence-electron chi connectivity index (χ1n) is 7.11. The van der Waals surface area contributed by atoms with E-state index in [1.807, 2.05) is 30.3 Å². The average Bonchev–Trinajstić information content (AvgIpc) is 2.50. The molecule has 0 fully saturated rings. The fourth-order valence-corrected chi connectivity index (χ4v) is 3.15. The van der Waals surface area contributed by atoms with Crippen LogP contribution in [0.3, 0.4) is 0 Å². The van der Waals surface area contributed by atoms with Crippen molar-refractivity contribution >= 4 is 14.8 Å². The van der Waals surface area contributed by atoms with Crippen LogP contribution < -0.4 is 4.74 Å². The molecule has 0 heterocycles. The fourth-order valence-electron chi connectivity index (χ4n) is 1.42. The Bertz CT molecular complexity index is 374. The Morgan fingerprint density at radius 1 is 1.09 bits per heavy atom. The SMILES string of the molecule is CC[SiH](CC)CC.COc1ccccc1.O=C(O)C(F)(F)F. The maximum atomic E-state index is 10.6. The molecule has 0 unspecified atom stereocenters. The zero-order valence-corrected chi connectivity index (χ0v) is 14.6. The number of carbonyl (C=O) groups is 1. The summed E-state index contributed by atoms with van der Waals surface area (Å²) >= 11 is 0. The number of carboxylic acid groups (broad SMARTS) is 1. The van der Waals surface area contributed by atoms with Gasteiger partial charge in [-0.1, -0.05) is 57.1 Å². The number of methoxy groups -OCH3 is 1. The summed E-state index contributed by atoms with van der Waals surface area (Å²) in [5.74, 6) is -1.85. The second-order valence-electron chi connectivity index (χ2n) is 4.41. The van der Waals surface area contributed by atoms with Gasteiger partial charge in [0.1, 0.15) is 5.75 Å². The van der Waals surface area contributed by atoms with Crippen molar-refractivity contribution in [2.24, 2.45) is 0 Å². The summed E-state index contributed by atoms with van der Waals surface area (Å²) in [6, 6.07) is 14.2. The van der Waals surface area contributed by atoms with Crippen LogP contribution in [0.25, 0.3) is 0 Å². The number of alkyl halides is 3. The largest absolute Gasteiger partial charge is 0.497 e. The van der Waals surface area contributed by atoms with E-state index in [0.29, 0.717) is 0 Å². The van der Waals surface area contributed by atoms with E-state index in [2.05, 4.69) is 20.8 Å². The highest BCUT2D eigenvalue weighted by Crippen LogP contribution is 2.13. The molecule has 3 nitrogen and oxygen atoms in total. The molecule has 22 heavy (non-hydrogen) atoms. The third-order valence-electron chi connectivity index (χ3n) is 2.95. The number of para-hydroxylation sites is 1. The third-order valence-corrected chi connectivity index (χ3v) is 6.42. The second-order valence-corrected chi connectivity index (χ2v) is 8.59. The maximum absolute atomic E-state index is 10.6. The zero-order chi connectivity index (χ0) is 17.6. The summed E-state index contributed by atoms with van der Waals surface area (Å²) in [7, 11) is 1.49. The molecule has 1 N–H and O–H groups in total. The first kappa shape index (κ1) is 22.8. The lowest BCUT2D eigenvalue weighted by atomic mass is 10.3. The van der Waals surface area contributed by atoms with E-state index in [1.165, 1.54) is 18.1 Å². The summed E-state index contributed by atoms with van der Waals surface area (Å²) in [5, 5.41) is 7.12. The van der Waals surface area contributed by atoms with Crippen LogP contribution in [0.5, 0.6) is 5.75 Å². The molecular formula is C15H25F3O3Si. The van der Waals surface area contributed by atoms with Crippen LogP contribution >= 0.6 is 0 Å². The van der Waals surface area contributed by atoms with Crippen molar-refractivity contribution in [1.82, 2.24) is 0 Å². The molecule has 128 valence electrons. The summed E-state index contributed by atoms with van der Waals surface area (Å²) < 4.78 is 36.7. The van der Waals surface area contributed by atoms with Gasteiger partial charge in [0.05, 0.1) is 7.11 Å². The minimum absolute atomic E-state index is 0.171. The summed E-state index contributed by atoms with van der Waals surface area (Å²) in [4.78, 5) is 8.90. The molecule has 0 aliphatic heterocycles. The number of halogens is 3. The molecule has 0 aliphatic rings. The number of hydrogen-bond acceptors (Lipinski definition) is 2. The Labute approximate surface area is 131 Å². The Balaban J connectivity index is 0. The molecule has 0 spiro atoms. The topological polar surface area (TPSA) is 46.5 Å². The van der Waals surface area contributed by atoms with E-state index in [-0.39, 0.29) is 8.80 Å². The molecule has 0 amide bonds. The van der Waals surface area contributed by atoms with Gasteiger partial charge in [0.2, 0.25) is 0 Å². The number of ether oxygens (including phenoxy) is 1. The minimum atomic E-state index is -5.08. The molecule has 0 aliphatic carbocycles. The Morgan fingerprint density at radius 2 is 1.45 bits per heavy atom. The quantitative estimate of drug-likeness (QED) is 0.816. The van der Waals surface area contributed by atoms with Crippen LogP contribution in [0, 0.1) is 0 Å². The standard InChI is InChI=1S/C7H8O.C6H16Si.C2HF3O2/c1-8-7-5-3-2-4-6-7;1-4-7(5-2)6-3;3-2(4,5)1(6)7/h2-6H,1H3;7H,4-6H2,1-3H3;(H,6,7). The van der Waals surface area contributed by atoms with Crippen LogP contribution in [0.4, 0.5) is 13.2 Å². The summed E-state index contributed by atoms with van der Waals surface area (Å²) in [5.41, 5.74) is 0. The first-order chi connectivity index (χ1) is 10.2. The number of rotatable bonds is 4. The number of carboxylic acids is 1. The molecule has 0 saturated heterocycles. The van der Waals surface area contributed by atoms with Crippen molar-refractivity contribution in [3.8, 4) is 5.75 Å². The Hall–Kier alpha value is -1.50. The summed E-state index contributed by atoms with van der Waals surface area (Å²) in [6.07, 6.45) is -5.08. The van der Waals surface area contributed by atoms with E-state index in [4.69, 9.17) is 14.6 Å². The Kier molecular flexibility index (Phi) is 13.6. The molecule has 1 aromatic carbocycles. The van der Waals surface area contributed by atoms with Gasteiger partial charge in [-0.2, -0.15) is 13.2 Å². The lowest BCUT2D eigenvalue weighted by molar-refractivity contribution is -0.192. The van der Waals surface area contributed by atoms with Gasteiger partial charge in [-0.25, -0.2) is 4.79 Å². The lowest BCUT2D eigenvalue weighted by Crippen LogP contribution is -2.21. The van der Waals surface area contributed by atoms with Gasteiger partial charge in [-0.05, 0) is 12.1 Å². The van der Waals surface area contributed by atoms with Gasteiger partial charge in [-0.3, -0.25) is 0 Å². The smallest absolute Gasteiger partial charge is 0.490 e. The Morgan fingerprint density at radius 3 is 1.59 bits per heavy atom. The number of hydrogen-bond donors (Lipinski definition) is 1. The highest BCUT2D eigenvalue weighted by atomic mass is 28.3. The van der Waals surface area contributed by atoms with Crippen molar-refractivity contribution in [1.29, 1.82) is 0 Å². The molecule has 0 radical (unpaired) electrons. The normalized spacial score (nSPS) is 10.0. The van der Waals surface area contributed by atoms with E-state index < -0.39 is 12.1 Å². The maximum Gasteiger partial charge on any atom is 0.490 e. The monoisotopic (exact) mass is 338 g/mol. The molecule has 1 rings (SSSR count). The van der Waals surface area contributed by atoms with Crippen molar-refractivity contribution in [3.05, 3.63) is 30.3 Å². The van der Waals surface area contributed by atoms with Gasteiger partial charge in [-0.15, -0.1) is 0 Å². The highest BCUT2D eigenvalue weighted by molar-refractivity contribution is 6.58. The van der Waals surface area contributed by atoms with Crippen LogP contribution in [-0.4, -0.2) is 33.2 Å². The minimum Gasteiger partial charge on any atom is -0.497 e. The predicted octanol–water partition coefficient (Wildman–Crippen LogP) is 4.60. The molecular weight excluding hydrogens is 313 g/mol. The lowest BCUT2D eigenvalue weighted by Gasteiger charge is -2.03. The molecule has 0 aromatic heterocycles. The van der Waals surface area contributed by atoms with Gasteiger partial charge < -0.3 is 9.84 Å². The van der Waals surface area contributed by atoms with Crippen LogP contribution in [0.15, 0.2) is 30.3 Å². The molecule has 7 heteroatoms. The third kappa shape index (κ3) is 13.5. The molecule has 0 saturated carbocycles. The zero-order valence-electron chi connectivity index (χ0n) is 13.5. The number of benzene rings is 1. The van der Waals surface area contributed by atoms with E-state index in [0.717, 1.165) is 5.75 Å². The molecule has 0 atom stereocenters. The first-order valence-corrected chi connectivity index (χ1v) is 9.56. The van der Waals surface area contributed by atoms with E-state index >= 15 is 0 Å². The fraction of sp³-hybridized carbons (Fsp3) is 0.533. The van der Waals surface area contributed by atoms with Crippen LogP contribution in [0.2, 0.25) is 18.1 Å². The van der Waals surface area contributed by atoms with Crippen molar-refractivity contribution in [2.75, 3.05) is 7.11 Å². The van der Waals surface area contributed by atoms with Crippen molar-refractivity contribution < 1.29 is 27.8 Å². The van der Waals surface area contributed by atoms with Crippen LogP contribution in [-0.2, 0) is 4.79 Å². The van der Waals surface area contributed by atoms with Crippen LogP contribution in [0.1, 0.15) is 20.8 Å². The highest BCUT2D eigenvalue weighted by Gasteiger charge is 2.38. The molecule has 0 bridgehead atoms. The van der Waals surface area contributed by atoms with E-state index in [9.17, 15) is 13.2 Å².